The number of halogens is 1. The van der Waals surface area contributed by atoms with E-state index < -0.39 is 5.54 Å². The van der Waals surface area contributed by atoms with Crippen molar-refractivity contribution in [3.63, 3.8) is 0 Å². The topological polar surface area (TPSA) is 46.3 Å². The Hall–Kier alpha value is -2.02. The van der Waals surface area contributed by atoms with Gasteiger partial charge in [0.05, 0.1) is 5.71 Å². The van der Waals surface area contributed by atoms with Crippen LogP contribution in [-0.4, -0.2) is 46.0 Å². The molecule has 5 nitrogen and oxygen atoms in total. The first-order chi connectivity index (χ1) is 13.2. The zero-order valence-corrected chi connectivity index (χ0v) is 18.6. The number of hydrogen-bond donors (Lipinski definition) is 0. The van der Waals surface area contributed by atoms with Crippen molar-refractivity contribution in [1.82, 2.24) is 19.7 Å². The van der Waals surface area contributed by atoms with Crippen molar-refractivity contribution < 1.29 is 0 Å². The van der Waals surface area contributed by atoms with Gasteiger partial charge in [-0.2, -0.15) is 0 Å². The van der Waals surface area contributed by atoms with E-state index in [1.165, 1.54) is 10.4 Å². The Labute approximate surface area is 174 Å². The highest BCUT2D eigenvalue weighted by Gasteiger charge is 2.39. The summed E-state index contributed by atoms with van der Waals surface area (Å²) < 4.78 is 2.19. The van der Waals surface area contributed by atoms with Crippen LogP contribution < -0.4 is 0 Å². The predicted octanol–water partition coefficient (Wildman–Crippen LogP) is 4.54. The van der Waals surface area contributed by atoms with E-state index in [1.807, 2.05) is 31.2 Å². The second-order valence-electron chi connectivity index (χ2n) is 7.85. The number of fused-ring (bicyclic) bond motifs is 3. The lowest BCUT2D eigenvalue weighted by Crippen LogP contribution is -2.36. The van der Waals surface area contributed by atoms with Crippen LogP contribution in [0.3, 0.4) is 0 Å². The van der Waals surface area contributed by atoms with Gasteiger partial charge in [0.2, 0.25) is 0 Å². The first-order valence-corrected chi connectivity index (χ1v) is 10.4. The Morgan fingerprint density at radius 1 is 1.11 bits per heavy atom. The van der Waals surface area contributed by atoms with Gasteiger partial charge in [-0.25, -0.2) is 0 Å². The summed E-state index contributed by atoms with van der Waals surface area (Å²) in [6.45, 7) is 9.21. The van der Waals surface area contributed by atoms with Gasteiger partial charge in [-0.05, 0) is 59.5 Å². The monoisotopic (exact) mass is 413 g/mol. The highest BCUT2D eigenvalue weighted by molar-refractivity contribution is 7.15. The second kappa shape index (κ2) is 6.79. The summed E-state index contributed by atoms with van der Waals surface area (Å²) in [6.07, 6.45) is 0. The van der Waals surface area contributed by atoms with Crippen molar-refractivity contribution in [3.8, 4) is 5.00 Å². The maximum Gasteiger partial charge on any atom is 0.167 e. The molecule has 0 saturated heterocycles. The first kappa shape index (κ1) is 19.3. The third-order valence-electron chi connectivity index (χ3n) is 5.21. The third-order valence-corrected chi connectivity index (χ3v) is 6.66. The zero-order chi connectivity index (χ0) is 20.2. The minimum Gasteiger partial charge on any atom is -0.307 e. The largest absolute Gasteiger partial charge is 0.307 e. The first-order valence-electron chi connectivity index (χ1n) is 9.25. The Morgan fingerprint density at radius 2 is 1.79 bits per heavy atom. The Morgan fingerprint density at radius 3 is 2.43 bits per heavy atom. The molecule has 3 heterocycles. The number of aromatic nitrogens is 3. The maximum atomic E-state index is 6.15. The number of likely N-dealkylation sites (N-methyl/N-ethyl adjacent to an activating group) is 1. The Kier molecular flexibility index (Phi) is 4.68. The molecule has 28 heavy (non-hydrogen) atoms. The lowest BCUT2D eigenvalue weighted by atomic mass is 9.97. The van der Waals surface area contributed by atoms with Crippen LogP contribution in [0.5, 0.6) is 0 Å². The van der Waals surface area contributed by atoms with Crippen LogP contribution >= 0.6 is 22.9 Å². The predicted molar refractivity (Wildman–Crippen MR) is 116 cm³/mol. The molecule has 0 aliphatic carbocycles. The smallest absolute Gasteiger partial charge is 0.167 e. The molecule has 0 N–H and O–H groups in total. The SMILES string of the molecule is Cc1sc2c(c1C)C(c1ccc(Cl)cc1)=NC(C)(CN(C)C)c1nnc(C)n1-2. The molecular formula is C21H24ClN5S. The van der Waals surface area contributed by atoms with Crippen molar-refractivity contribution in [2.24, 2.45) is 4.99 Å². The second-order valence-corrected chi connectivity index (χ2v) is 9.49. The minimum atomic E-state index is -0.529. The normalized spacial score (nSPS) is 18.6. The van der Waals surface area contributed by atoms with Crippen molar-refractivity contribution in [3.05, 3.63) is 62.5 Å². The van der Waals surface area contributed by atoms with Crippen LogP contribution in [0.1, 0.15) is 40.1 Å². The molecule has 0 bridgehead atoms. The van der Waals surface area contributed by atoms with E-state index in [4.69, 9.17) is 16.6 Å². The van der Waals surface area contributed by atoms with Crippen LogP contribution in [0.4, 0.5) is 0 Å². The van der Waals surface area contributed by atoms with Crippen molar-refractivity contribution in [2.45, 2.75) is 33.2 Å². The lowest BCUT2D eigenvalue weighted by molar-refractivity contribution is 0.294. The Bertz CT molecular complexity index is 1080. The average molecular weight is 414 g/mol. The third kappa shape index (κ3) is 3.00. The van der Waals surface area contributed by atoms with Gasteiger partial charge in [0.15, 0.2) is 5.82 Å². The molecule has 0 amide bonds. The summed E-state index contributed by atoms with van der Waals surface area (Å²) in [6, 6.07) is 7.94. The van der Waals surface area contributed by atoms with Crippen LogP contribution in [0.2, 0.25) is 5.02 Å². The van der Waals surface area contributed by atoms with E-state index in [1.54, 1.807) is 11.3 Å². The molecule has 1 aliphatic heterocycles. The standard InChI is InChI=1S/C21H24ClN5S/c1-12-13(2)28-19-17(12)18(15-7-9-16(22)10-8-15)23-21(4,11-26(5)6)20-25-24-14(3)27(19)20/h7-10H,11H2,1-6H3. The molecule has 146 valence electrons. The van der Waals surface area contributed by atoms with E-state index in [0.717, 1.165) is 45.1 Å². The molecule has 4 rings (SSSR count). The van der Waals surface area contributed by atoms with Gasteiger partial charge in [-0.1, -0.05) is 23.7 Å². The van der Waals surface area contributed by atoms with E-state index in [-0.39, 0.29) is 0 Å². The van der Waals surface area contributed by atoms with Crippen LogP contribution in [0.15, 0.2) is 29.3 Å². The molecule has 3 aromatic rings. The molecule has 1 unspecified atom stereocenters. The molecule has 0 radical (unpaired) electrons. The number of hydrogen-bond acceptors (Lipinski definition) is 5. The van der Waals surface area contributed by atoms with E-state index in [9.17, 15) is 0 Å². The summed E-state index contributed by atoms with van der Waals surface area (Å²) in [5, 5.41) is 10.8. The maximum absolute atomic E-state index is 6.15. The highest BCUT2D eigenvalue weighted by Crippen LogP contribution is 2.40. The van der Waals surface area contributed by atoms with Gasteiger partial charge >= 0.3 is 0 Å². The molecule has 0 fully saturated rings. The fourth-order valence-corrected chi connectivity index (χ4v) is 5.22. The number of aryl methyl sites for hydroxylation is 2. The summed E-state index contributed by atoms with van der Waals surface area (Å²) in [5.41, 5.74) is 3.94. The number of aliphatic imine (C=N–C) groups is 1. The molecule has 0 saturated carbocycles. The van der Waals surface area contributed by atoms with Gasteiger partial charge in [0.25, 0.3) is 0 Å². The number of benzene rings is 1. The molecule has 0 spiro atoms. The molecule has 2 aromatic heterocycles. The Balaban J connectivity index is 2.08. The number of thiophene rings is 1. The minimum absolute atomic E-state index is 0.529. The zero-order valence-electron chi connectivity index (χ0n) is 17.0. The fourth-order valence-electron chi connectivity index (χ4n) is 3.89. The van der Waals surface area contributed by atoms with E-state index >= 15 is 0 Å². The summed E-state index contributed by atoms with van der Waals surface area (Å²) in [4.78, 5) is 8.76. The van der Waals surface area contributed by atoms with Crippen molar-refractivity contribution >= 4 is 28.6 Å². The summed E-state index contributed by atoms with van der Waals surface area (Å²) in [7, 11) is 4.12. The van der Waals surface area contributed by atoms with Crippen LogP contribution in [0, 0.1) is 20.8 Å². The molecule has 7 heteroatoms. The van der Waals surface area contributed by atoms with E-state index in [0.29, 0.717) is 0 Å². The number of nitrogens with zero attached hydrogens (tertiary/aromatic N) is 5. The van der Waals surface area contributed by atoms with Gasteiger partial charge in [-0.15, -0.1) is 21.5 Å². The quantitative estimate of drug-likeness (QED) is 0.633. The molecule has 1 aliphatic rings. The molecular weight excluding hydrogens is 390 g/mol. The molecule has 1 atom stereocenters. The number of rotatable bonds is 3. The van der Waals surface area contributed by atoms with Crippen LogP contribution in [-0.2, 0) is 5.54 Å². The lowest BCUT2D eigenvalue weighted by Gasteiger charge is -2.27. The van der Waals surface area contributed by atoms with Gasteiger partial charge in [0.1, 0.15) is 16.4 Å². The summed E-state index contributed by atoms with van der Waals surface area (Å²) >= 11 is 7.93. The summed E-state index contributed by atoms with van der Waals surface area (Å²) in [5.74, 6) is 1.76. The van der Waals surface area contributed by atoms with E-state index in [2.05, 4.69) is 54.5 Å². The molecule has 1 aromatic carbocycles. The fraction of sp³-hybridized carbons (Fsp3) is 0.381. The van der Waals surface area contributed by atoms with Gasteiger partial charge in [-0.3, -0.25) is 9.56 Å². The van der Waals surface area contributed by atoms with Gasteiger partial charge in [0, 0.05) is 27.6 Å². The van der Waals surface area contributed by atoms with Crippen LogP contribution in [0.25, 0.3) is 5.00 Å². The van der Waals surface area contributed by atoms with Gasteiger partial charge < -0.3 is 4.90 Å². The highest BCUT2D eigenvalue weighted by atomic mass is 35.5. The van der Waals surface area contributed by atoms with Crippen molar-refractivity contribution in [2.75, 3.05) is 20.6 Å². The van der Waals surface area contributed by atoms with Crippen molar-refractivity contribution in [1.29, 1.82) is 0 Å². The average Bonchev–Trinajstić information content (AvgIpc) is 3.11.